The van der Waals surface area contributed by atoms with Gasteiger partial charge in [-0.3, -0.25) is 15.2 Å². The number of carbonyl (C=O) groups excluding carboxylic acids is 1. The maximum atomic E-state index is 13.2. The number of aliphatic imine (C=N–C) groups is 1. The van der Waals surface area contributed by atoms with E-state index in [2.05, 4.69) is 20.6 Å². The van der Waals surface area contributed by atoms with E-state index in [-0.39, 0.29) is 34.6 Å². The molecule has 2 aromatic carbocycles. The number of fused-ring (bicyclic) bond motifs is 1. The van der Waals surface area contributed by atoms with Crippen LogP contribution in [-0.4, -0.2) is 54.6 Å². The smallest absolute Gasteiger partial charge is 0.348 e. The van der Waals surface area contributed by atoms with E-state index in [9.17, 15) is 14.7 Å². The lowest BCUT2D eigenvalue weighted by atomic mass is 10.00. The summed E-state index contributed by atoms with van der Waals surface area (Å²) < 4.78 is 16.7. The Kier molecular flexibility index (Phi) is 8.76. The lowest BCUT2D eigenvalue weighted by Gasteiger charge is -2.26. The highest BCUT2D eigenvalue weighted by atomic mass is 32.1. The van der Waals surface area contributed by atoms with Gasteiger partial charge in [0.2, 0.25) is 0 Å². The van der Waals surface area contributed by atoms with E-state index >= 15 is 0 Å². The number of aromatic carboxylic acids is 1. The molecule has 0 aliphatic carbocycles. The number of ether oxygens (including phenoxy) is 3. The van der Waals surface area contributed by atoms with E-state index in [1.54, 1.807) is 44.3 Å². The van der Waals surface area contributed by atoms with Crippen LogP contribution in [0.25, 0.3) is 6.08 Å². The number of nitrogens with one attached hydrogen (secondary N) is 3. The molecule has 1 atom stereocenters. The number of nitrogens with zero attached hydrogens (tertiary/aromatic N) is 2. The molecule has 3 aromatic rings. The Balaban J connectivity index is 1.70. The average molecular weight is 565 g/mol. The van der Waals surface area contributed by atoms with Crippen LogP contribution in [0.5, 0.6) is 11.5 Å². The molecule has 0 spiro atoms. The Hall–Kier alpha value is -4.75. The number of carbonyl (C=O) groups is 2. The molecular weight excluding hydrogens is 536 g/mol. The number of nitrogen functional groups attached to an aromatic ring is 1. The highest BCUT2D eigenvalue weighted by Gasteiger charge is 2.26. The van der Waals surface area contributed by atoms with Crippen molar-refractivity contribution >= 4 is 46.6 Å². The molecule has 0 fully saturated rings. The Morgan fingerprint density at radius 1 is 1.30 bits per heavy atom. The van der Waals surface area contributed by atoms with Crippen LogP contribution in [0.1, 0.15) is 45.0 Å². The fourth-order valence-corrected chi connectivity index (χ4v) is 4.61. The topological polar surface area (TPSA) is 181 Å². The number of thiazole rings is 1. The van der Waals surface area contributed by atoms with Gasteiger partial charge in [-0.05, 0) is 55.0 Å². The molecule has 1 aliphatic heterocycles. The van der Waals surface area contributed by atoms with Gasteiger partial charge in [0, 0.05) is 29.4 Å². The van der Waals surface area contributed by atoms with Crippen LogP contribution in [0, 0.1) is 5.41 Å². The first-order valence-electron chi connectivity index (χ1n) is 12.0. The number of methoxy groups -OCH3 is 1. The zero-order valence-corrected chi connectivity index (χ0v) is 22.8. The number of hydrogen-bond donors (Lipinski definition) is 5. The second kappa shape index (κ2) is 12.4. The van der Waals surface area contributed by atoms with Crippen LogP contribution in [-0.2, 0) is 16.1 Å². The van der Waals surface area contributed by atoms with Crippen molar-refractivity contribution in [1.29, 1.82) is 5.41 Å². The van der Waals surface area contributed by atoms with Crippen LogP contribution in [0.15, 0.2) is 52.5 Å². The van der Waals surface area contributed by atoms with Crippen LogP contribution in [0.3, 0.4) is 0 Å². The summed E-state index contributed by atoms with van der Waals surface area (Å²) in [5.41, 5.74) is 10.2. The summed E-state index contributed by atoms with van der Waals surface area (Å²) >= 11 is 0.976. The van der Waals surface area contributed by atoms with Crippen molar-refractivity contribution in [2.45, 2.75) is 19.6 Å². The number of nitrogens with two attached hydrogens (primary N) is 1. The zero-order valence-electron chi connectivity index (χ0n) is 22.0. The number of rotatable bonds is 9. The van der Waals surface area contributed by atoms with Gasteiger partial charge in [-0.25, -0.2) is 9.78 Å². The number of carboxylic acids is 1. The minimum atomic E-state index is -1.12. The fraction of sp³-hybridized carbons (Fsp3) is 0.222. The summed E-state index contributed by atoms with van der Waals surface area (Å²) in [6, 6.07) is 9.95. The number of hydrogen-bond acceptors (Lipinski definition) is 10. The van der Waals surface area contributed by atoms with Gasteiger partial charge in [-0.15, -0.1) is 11.3 Å². The van der Waals surface area contributed by atoms with Crippen molar-refractivity contribution < 1.29 is 28.9 Å². The van der Waals surface area contributed by atoms with Gasteiger partial charge >= 0.3 is 5.97 Å². The molecule has 2 heterocycles. The van der Waals surface area contributed by atoms with Gasteiger partial charge in [-0.1, -0.05) is 0 Å². The molecule has 13 heteroatoms. The standard InChI is InChI=1S/C27H28N6O6S/c1-14(8-19-23(27(35)36)40-12-31-19)26(34)33-25(30-2)21(32-18-6-4-15(5-7-18)24(28)29)16-9-17-11-38-13-39-22(17)20(10-16)37-3/h4-10,12,21,32H,11,13H2,1-3H3,(H3,28,29)(H,35,36)(H,30,33,34)/b14-8-. The van der Waals surface area contributed by atoms with Gasteiger partial charge in [0.15, 0.2) is 18.3 Å². The molecular formula is C27H28N6O6S. The number of carboxylic acid groups (broad SMARTS) is 1. The summed E-state index contributed by atoms with van der Waals surface area (Å²) in [5, 5.41) is 23.2. The Morgan fingerprint density at radius 2 is 2.05 bits per heavy atom. The predicted molar refractivity (Wildman–Crippen MR) is 151 cm³/mol. The molecule has 1 unspecified atom stereocenters. The van der Waals surface area contributed by atoms with Crippen molar-refractivity contribution in [1.82, 2.24) is 10.3 Å². The van der Waals surface area contributed by atoms with Gasteiger partial charge in [0.1, 0.15) is 22.6 Å². The molecule has 40 heavy (non-hydrogen) atoms. The molecule has 1 aliphatic rings. The maximum absolute atomic E-state index is 13.2. The molecule has 12 nitrogen and oxygen atoms in total. The van der Waals surface area contributed by atoms with Gasteiger partial charge < -0.3 is 35.7 Å². The van der Waals surface area contributed by atoms with E-state index < -0.39 is 17.9 Å². The van der Waals surface area contributed by atoms with E-state index in [4.69, 9.17) is 25.4 Å². The lowest BCUT2D eigenvalue weighted by molar-refractivity contribution is -0.116. The van der Waals surface area contributed by atoms with Crippen molar-refractivity contribution in [2.24, 2.45) is 10.7 Å². The van der Waals surface area contributed by atoms with Crippen LogP contribution in [0.2, 0.25) is 0 Å². The Bertz CT molecular complexity index is 1480. The van der Waals surface area contributed by atoms with Crippen LogP contribution >= 0.6 is 11.3 Å². The van der Waals surface area contributed by atoms with E-state index in [1.165, 1.54) is 18.7 Å². The van der Waals surface area contributed by atoms with Crippen molar-refractivity contribution in [3.8, 4) is 11.5 Å². The average Bonchev–Trinajstić information content (AvgIpc) is 3.42. The molecule has 1 aromatic heterocycles. The second-order valence-electron chi connectivity index (χ2n) is 8.65. The molecule has 6 N–H and O–H groups in total. The third-order valence-electron chi connectivity index (χ3n) is 6.01. The molecule has 0 saturated carbocycles. The summed E-state index contributed by atoms with van der Waals surface area (Å²) in [6.07, 6.45) is 1.42. The molecule has 0 radical (unpaired) electrons. The van der Waals surface area contributed by atoms with E-state index in [0.717, 1.165) is 16.9 Å². The number of amidine groups is 2. The predicted octanol–water partition coefficient (Wildman–Crippen LogP) is 3.40. The Morgan fingerprint density at radius 3 is 2.70 bits per heavy atom. The lowest BCUT2D eigenvalue weighted by Crippen LogP contribution is -2.38. The SMILES string of the molecule is CN=C(NC(=O)/C(C)=C\c1ncsc1C(=O)O)C(Nc1ccc(C(=N)N)cc1)c1cc2c(c(OC)c1)OCOC2. The monoisotopic (exact) mass is 564 g/mol. The van der Waals surface area contributed by atoms with Crippen LogP contribution < -0.4 is 25.8 Å². The number of aromatic nitrogens is 1. The number of benzene rings is 2. The molecule has 208 valence electrons. The highest BCUT2D eigenvalue weighted by Crippen LogP contribution is 2.38. The molecule has 0 bridgehead atoms. The molecule has 1 amide bonds. The van der Waals surface area contributed by atoms with Gasteiger partial charge in [0.05, 0.1) is 24.9 Å². The zero-order chi connectivity index (χ0) is 28.8. The van der Waals surface area contributed by atoms with Crippen molar-refractivity contribution in [2.75, 3.05) is 26.3 Å². The summed E-state index contributed by atoms with van der Waals surface area (Å²) in [4.78, 5) is 33.1. The number of anilines is 1. The summed E-state index contributed by atoms with van der Waals surface area (Å²) in [7, 11) is 3.09. The maximum Gasteiger partial charge on any atom is 0.348 e. The first-order chi connectivity index (χ1) is 19.2. The highest BCUT2D eigenvalue weighted by molar-refractivity contribution is 7.11. The second-order valence-corrected chi connectivity index (χ2v) is 9.51. The summed E-state index contributed by atoms with van der Waals surface area (Å²) in [5.74, 6) is -0.300. The largest absolute Gasteiger partial charge is 0.493 e. The van der Waals surface area contributed by atoms with Crippen molar-refractivity contribution in [3.63, 3.8) is 0 Å². The van der Waals surface area contributed by atoms with E-state index in [1.807, 2.05) is 6.07 Å². The van der Waals surface area contributed by atoms with Crippen molar-refractivity contribution in [3.05, 3.63) is 74.7 Å². The Labute approximate surface area is 234 Å². The summed E-state index contributed by atoms with van der Waals surface area (Å²) in [6.45, 7) is 1.98. The first kappa shape index (κ1) is 28.3. The van der Waals surface area contributed by atoms with Crippen LogP contribution in [0.4, 0.5) is 5.69 Å². The first-order valence-corrected chi connectivity index (χ1v) is 12.8. The van der Waals surface area contributed by atoms with E-state index in [0.29, 0.717) is 34.9 Å². The normalized spacial score (nSPS) is 14.0. The third-order valence-corrected chi connectivity index (χ3v) is 6.85. The van der Waals surface area contributed by atoms with Gasteiger partial charge in [0.25, 0.3) is 5.91 Å². The fourth-order valence-electron chi connectivity index (χ4n) is 4.01. The number of amides is 1. The quantitative estimate of drug-likeness (QED) is 0.148. The van der Waals surface area contributed by atoms with Gasteiger partial charge in [-0.2, -0.15) is 0 Å². The minimum absolute atomic E-state index is 0.0377. The molecule has 0 saturated heterocycles. The third kappa shape index (κ3) is 6.27. The molecule has 4 rings (SSSR count). The minimum Gasteiger partial charge on any atom is -0.493 e.